The van der Waals surface area contributed by atoms with Gasteiger partial charge in [0.15, 0.2) is 5.41 Å². The van der Waals surface area contributed by atoms with E-state index >= 15 is 0 Å². The van der Waals surface area contributed by atoms with E-state index in [4.69, 9.17) is 4.74 Å². The van der Waals surface area contributed by atoms with Gasteiger partial charge >= 0.3 is 5.97 Å². The van der Waals surface area contributed by atoms with Crippen LogP contribution in [-0.4, -0.2) is 18.2 Å². The van der Waals surface area contributed by atoms with E-state index in [0.29, 0.717) is 11.3 Å². The molecule has 28 heavy (non-hydrogen) atoms. The molecule has 0 aliphatic heterocycles. The van der Waals surface area contributed by atoms with Crippen molar-refractivity contribution in [2.45, 2.75) is 12.3 Å². The molecule has 3 aromatic carbocycles. The van der Waals surface area contributed by atoms with Crippen molar-refractivity contribution >= 4 is 16.7 Å². The molecule has 4 heteroatoms. The molecule has 4 nitrogen and oxygen atoms in total. The molecule has 0 radical (unpaired) electrons. The summed E-state index contributed by atoms with van der Waals surface area (Å²) < 4.78 is 5.53. The van der Waals surface area contributed by atoms with E-state index in [0.717, 1.165) is 16.3 Å². The number of carbonyl (C=O) groups is 1. The van der Waals surface area contributed by atoms with E-state index in [1.807, 2.05) is 60.7 Å². The Morgan fingerprint density at radius 3 is 2.46 bits per heavy atom. The van der Waals surface area contributed by atoms with Gasteiger partial charge < -0.3 is 9.84 Å². The molecule has 0 saturated heterocycles. The molecule has 0 aliphatic carbocycles. The number of carboxylic acid groups (broad SMARTS) is 1. The van der Waals surface area contributed by atoms with Crippen LogP contribution in [-0.2, 0) is 4.79 Å². The lowest BCUT2D eigenvalue weighted by Gasteiger charge is -2.33. The van der Waals surface area contributed by atoms with Gasteiger partial charge in [0.1, 0.15) is 5.75 Å². The number of carboxylic acids is 1. The Hall–Kier alpha value is -3.58. The molecule has 0 amide bonds. The maximum absolute atomic E-state index is 12.5. The number of aliphatic carboxylic acids is 1. The van der Waals surface area contributed by atoms with Crippen molar-refractivity contribution in [2.24, 2.45) is 5.41 Å². The highest BCUT2D eigenvalue weighted by Crippen LogP contribution is 2.48. The van der Waals surface area contributed by atoms with Gasteiger partial charge in [0.2, 0.25) is 0 Å². The fraction of sp³-hybridized carbons (Fsp3) is 0.167. The summed E-state index contributed by atoms with van der Waals surface area (Å²) in [7, 11) is 1.54. The van der Waals surface area contributed by atoms with Crippen LogP contribution in [0, 0.1) is 16.7 Å². The van der Waals surface area contributed by atoms with Gasteiger partial charge in [-0.05, 0) is 28.8 Å². The third kappa shape index (κ3) is 3.12. The molecule has 0 aliphatic rings. The van der Waals surface area contributed by atoms with Gasteiger partial charge in [0.25, 0.3) is 0 Å². The SMILES string of the molecule is C=CC[C@](C#N)(C(=O)O)C(c1ccccc1OC)c1cccc2ccccc12. The summed E-state index contributed by atoms with van der Waals surface area (Å²) in [6, 6.07) is 22.9. The van der Waals surface area contributed by atoms with Crippen LogP contribution in [0.15, 0.2) is 79.4 Å². The van der Waals surface area contributed by atoms with E-state index in [9.17, 15) is 15.2 Å². The van der Waals surface area contributed by atoms with Crippen molar-refractivity contribution in [3.63, 3.8) is 0 Å². The van der Waals surface area contributed by atoms with E-state index in [-0.39, 0.29) is 6.42 Å². The van der Waals surface area contributed by atoms with Gasteiger partial charge in [-0.25, -0.2) is 0 Å². The summed E-state index contributed by atoms with van der Waals surface area (Å²) in [5.41, 5.74) is -0.291. The van der Waals surface area contributed by atoms with E-state index in [1.54, 1.807) is 13.2 Å². The summed E-state index contributed by atoms with van der Waals surface area (Å²) in [6.07, 6.45) is 1.50. The molecule has 0 fully saturated rings. The average molecular weight is 371 g/mol. The molecule has 0 spiro atoms. The molecule has 1 unspecified atom stereocenters. The highest BCUT2D eigenvalue weighted by atomic mass is 16.5. The van der Waals surface area contributed by atoms with E-state index in [2.05, 4.69) is 12.6 Å². The first-order valence-corrected chi connectivity index (χ1v) is 8.95. The van der Waals surface area contributed by atoms with Crippen LogP contribution in [0.3, 0.4) is 0 Å². The van der Waals surface area contributed by atoms with E-state index < -0.39 is 17.3 Å². The minimum Gasteiger partial charge on any atom is -0.496 e. The molecule has 0 heterocycles. The number of rotatable bonds is 7. The van der Waals surface area contributed by atoms with Crippen molar-refractivity contribution in [1.82, 2.24) is 0 Å². The zero-order valence-corrected chi connectivity index (χ0v) is 15.6. The minimum atomic E-state index is -1.72. The van der Waals surface area contributed by atoms with Crippen LogP contribution in [0.4, 0.5) is 0 Å². The van der Waals surface area contributed by atoms with Crippen molar-refractivity contribution in [3.05, 3.63) is 90.5 Å². The van der Waals surface area contributed by atoms with Crippen molar-refractivity contribution < 1.29 is 14.6 Å². The van der Waals surface area contributed by atoms with Gasteiger partial charge in [-0.2, -0.15) is 5.26 Å². The topological polar surface area (TPSA) is 70.3 Å². The second-order valence-electron chi connectivity index (χ2n) is 6.62. The Kier molecular flexibility index (Phi) is 5.47. The van der Waals surface area contributed by atoms with Crippen molar-refractivity contribution in [2.75, 3.05) is 7.11 Å². The predicted molar refractivity (Wildman–Crippen MR) is 109 cm³/mol. The monoisotopic (exact) mass is 371 g/mol. The summed E-state index contributed by atoms with van der Waals surface area (Å²) in [4.78, 5) is 12.5. The van der Waals surface area contributed by atoms with Gasteiger partial charge in [0, 0.05) is 11.5 Å². The predicted octanol–water partition coefficient (Wildman–Crippen LogP) is 5.15. The zero-order valence-electron chi connectivity index (χ0n) is 15.6. The molecule has 0 saturated carbocycles. The maximum atomic E-state index is 12.5. The normalized spacial score (nSPS) is 13.9. The number of ether oxygens (including phenoxy) is 1. The Labute approximate surface area is 164 Å². The highest BCUT2D eigenvalue weighted by molar-refractivity contribution is 5.89. The quantitative estimate of drug-likeness (QED) is 0.583. The summed E-state index contributed by atoms with van der Waals surface area (Å²) in [5.74, 6) is -1.38. The number of methoxy groups -OCH3 is 1. The van der Waals surface area contributed by atoms with Crippen LogP contribution in [0.25, 0.3) is 10.8 Å². The minimum absolute atomic E-state index is 0.00473. The molecular formula is C24H21NO3. The Morgan fingerprint density at radius 2 is 1.79 bits per heavy atom. The second kappa shape index (κ2) is 7.98. The lowest BCUT2D eigenvalue weighted by Crippen LogP contribution is -2.36. The molecule has 0 aromatic heterocycles. The van der Waals surface area contributed by atoms with Crippen LogP contribution < -0.4 is 4.74 Å². The van der Waals surface area contributed by atoms with E-state index in [1.165, 1.54) is 6.08 Å². The standard InChI is InChI=1S/C24H21NO3/c1-3-15-24(16-25,23(26)27)22(20-12-6-7-14-21(20)28-2)19-13-8-10-17-9-4-5-11-18(17)19/h3-14,22H,1,15H2,2H3,(H,26,27)/t22?,24-/m1/s1. The number of fused-ring (bicyclic) bond motifs is 1. The Morgan fingerprint density at radius 1 is 1.14 bits per heavy atom. The first-order valence-electron chi connectivity index (χ1n) is 8.95. The zero-order chi connectivity index (χ0) is 20.1. The Bertz CT molecular complexity index is 1060. The van der Waals surface area contributed by atoms with Crippen LogP contribution >= 0.6 is 0 Å². The average Bonchev–Trinajstić information content (AvgIpc) is 2.73. The fourth-order valence-corrected chi connectivity index (χ4v) is 3.82. The van der Waals surface area contributed by atoms with Gasteiger partial charge in [-0.15, -0.1) is 6.58 Å². The number of nitrogens with zero attached hydrogens (tertiary/aromatic N) is 1. The van der Waals surface area contributed by atoms with Gasteiger partial charge in [0.05, 0.1) is 13.2 Å². The summed E-state index contributed by atoms with van der Waals surface area (Å²) >= 11 is 0. The molecule has 0 bridgehead atoms. The fourth-order valence-electron chi connectivity index (χ4n) is 3.82. The molecule has 3 aromatic rings. The number of para-hydroxylation sites is 1. The molecule has 140 valence electrons. The van der Waals surface area contributed by atoms with Gasteiger partial charge in [-0.3, -0.25) is 4.79 Å². The van der Waals surface area contributed by atoms with Crippen molar-refractivity contribution in [3.8, 4) is 11.8 Å². The largest absolute Gasteiger partial charge is 0.496 e. The molecule has 2 atom stereocenters. The number of nitriles is 1. The first kappa shape index (κ1) is 19.2. The third-order valence-corrected chi connectivity index (χ3v) is 5.12. The summed E-state index contributed by atoms with van der Waals surface area (Å²) in [5, 5.41) is 22.2. The number of allylic oxidation sites excluding steroid dienone is 1. The first-order chi connectivity index (χ1) is 13.6. The molecule has 1 N–H and O–H groups in total. The van der Waals surface area contributed by atoms with Crippen LogP contribution in [0.2, 0.25) is 0 Å². The molecular weight excluding hydrogens is 350 g/mol. The Balaban J connectivity index is 2.43. The number of hydrogen-bond acceptors (Lipinski definition) is 3. The number of benzene rings is 3. The second-order valence-corrected chi connectivity index (χ2v) is 6.62. The molecule has 3 rings (SSSR count). The lowest BCUT2D eigenvalue weighted by atomic mass is 9.66. The van der Waals surface area contributed by atoms with Crippen molar-refractivity contribution in [1.29, 1.82) is 5.26 Å². The number of hydrogen-bond donors (Lipinski definition) is 1. The lowest BCUT2D eigenvalue weighted by molar-refractivity contribution is -0.146. The maximum Gasteiger partial charge on any atom is 0.325 e. The third-order valence-electron chi connectivity index (χ3n) is 5.12. The smallest absolute Gasteiger partial charge is 0.325 e. The van der Waals surface area contributed by atoms with Crippen LogP contribution in [0.1, 0.15) is 23.5 Å². The van der Waals surface area contributed by atoms with Crippen LogP contribution in [0.5, 0.6) is 5.75 Å². The highest BCUT2D eigenvalue weighted by Gasteiger charge is 2.48. The van der Waals surface area contributed by atoms with Gasteiger partial charge in [-0.1, -0.05) is 66.7 Å². The summed E-state index contributed by atoms with van der Waals surface area (Å²) in [6.45, 7) is 3.70.